The minimum atomic E-state index is -1.20. The SMILES string of the molecule is CCN1CCC(N/N=C(\Cl)C(=O)O)CC1. The van der Waals surface area contributed by atoms with Crippen LogP contribution in [0.2, 0.25) is 0 Å². The molecular weight excluding hydrogens is 218 g/mol. The number of aliphatic carboxylic acids is 1. The number of hydrazone groups is 1. The third kappa shape index (κ3) is 4.05. The first-order chi connectivity index (χ1) is 7.13. The Labute approximate surface area is 94.1 Å². The Hall–Kier alpha value is -0.810. The average Bonchev–Trinajstić information content (AvgIpc) is 2.26. The van der Waals surface area contributed by atoms with Crippen molar-refractivity contribution in [3.05, 3.63) is 0 Å². The zero-order chi connectivity index (χ0) is 11.3. The van der Waals surface area contributed by atoms with Crippen molar-refractivity contribution in [3.63, 3.8) is 0 Å². The number of carbonyl (C=O) groups is 1. The van der Waals surface area contributed by atoms with Gasteiger partial charge in [0.2, 0.25) is 5.17 Å². The summed E-state index contributed by atoms with van der Waals surface area (Å²) in [5, 5.41) is 11.7. The van der Waals surface area contributed by atoms with Gasteiger partial charge in [-0.05, 0) is 19.4 Å². The zero-order valence-corrected chi connectivity index (χ0v) is 9.50. The van der Waals surface area contributed by atoms with Gasteiger partial charge in [-0.3, -0.25) is 0 Å². The summed E-state index contributed by atoms with van der Waals surface area (Å²) in [6.07, 6.45) is 1.95. The maximum Gasteiger partial charge on any atom is 0.368 e. The highest BCUT2D eigenvalue weighted by atomic mass is 35.5. The summed E-state index contributed by atoms with van der Waals surface area (Å²) in [6, 6.07) is 0.237. The molecule has 5 nitrogen and oxygen atoms in total. The molecule has 1 heterocycles. The predicted molar refractivity (Wildman–Crippen MR) is 59.2 cm³/mol. The van der Waals surface area contributed by atoms with Gasteiger partial charge >= 0.3 is 5.97 Å². The van der Waals surface area contributed by atoms with Crippen LogP contribution < -0.4 is 5.43 Å². The number of nitrogens with one attached hydrogen (secondary N) is 1. The van der Waals surface area contributed by atoms with Crippen LogP contribution in [0, 0.1) is 0 Å². The van der Waals surface area contributed by atoms with Gasteiger partial charge in [0.15, 0.2) is 0 Å². The molecule has 6 heteroatoms. The van der Waals surface area contributed by atoms with E-state index >= 15 is 0 Å². The lowest BCUT2D eigenvalue weighted by Crippen LogP contribution is -2.41. The molecule has 0 atom stereocenters. The van der Waals surface area contributed by atoms with Crippen LogP contribution in [-0.4, -0.2) is 46.8 Å². The molecule has 1 aliphatic rings. The van der Waals surface area contributed by atoms with E-state index in [-0.39, 0.29) is 6.04 Å². The van der Waals surface area contributed by atoms with E-state index in [1.165, 1.54) is 0 Å². The largest absolute Gasteiger partial charge is 0.476 e. The summed E-state index contributed by atoms with van der Waals surface area (Å²) in [5.74, 6) is -1.20. The Morgan fingerprint density at radius 1 is 1.60 bits per heavy atom. The number of piperidine rings is 1. The molecule has 0 unspecified atom stereocenters. The molecule has 0 bridgehead atoms. The lowest BCUT2D eigenvalue weighted by atomic mass is 10.1. The average molecular weight is 234 g/mol. The van der Waals surface area contributed by atoms with Crippen LogP contribution in [0.25, 0.3) is 0 Å². The molecule has 86 valence electrons. The van der Waals surface area contributed by atoms with Crippen molar-refractivity contribution in [2.45, 2.75) is 25.8 Å². The quantitative estimate of drug-likeness (QED) is 0.554. The number of rotatable bonds is 4. The van der Waals surface area contributed by atoms with Crippen LogP contribution in [0.1, 0.15) is 19.8 Å². The fourth-order valence-electron chi connectivity index (χ4n) is 1.57. The molecule has 0 radical (unpaired) electrons. The summed E-state index contributed by atoms with van der Waals surface area (Å²) in [7, 11) is 0. The minimum absolute atomic E-state index is 0.237. The van der Waals surface area contributed by atoms with Gasteiger partial charge in [-0.2, -0.15) is 5.10 Å². The first-order valence-corrected chi connectivity index (χ1v) is 5.45. The van der Waals surface area contributed by atoms with Crippen LogP contribution in [-0.2, 0) is 4.79 Å². The molecular formula is C9H16ClN3O2. The van der Waals surface area contributed by atoms with Crippen LogP contribution in [0.4, 0.5) is 0 Å². The highest BCUT2D eigenvalue weighted by Gasteiger charge is 2.17. The Morgan fingerprint density at radius 3 is 2.67 bits per heavy atom. The molecule has 15 heavy (non-hydrogen) atoms. The van der Waals surface area contributed by atoms with Gasteiger partial charge in [0.1, 0.15) is 0 Å². The number of hydrogen-bond donors (Lipinski definition) is 2. The van der Waals surface area contributed by atoms with Gasteiger partial charge in [0, 0.05) is 19.1 Å². The van der Waals surface area contributed by atoms with E-state index in [9.17, 15) is 4.79 Å². The lowest BCUT2D eigenvalue weighted by Gasteiger charge is -2.30. The van der Waals surface area contributed by atoms with Gasteiger partial charge in [-0.15, -0.1) is 0 Å². The van der Waals surface area contributed by atoms with E-state index in [2.05, 4.69) is 22.4 Å². The van der Waals surface area contributed by atoms with Gasteiger partial charge in [0.05, 0.1) is 0 Å². The Morgan fingerprint density at radius 2 is 2.20 bits per heavy atom. The molecule has 1 fully saturated rings. The molecule has 1 aliphatic heterocycles. The predicted octanol–water partition coefficient (Wildman–Crippen LogP) is 0.697. The smallest absolute Gasteiger partial charge is 0.368 e. The second kappa shape index (κ2) is 5.92. The Balaban J connectivity index is 2.30. The third-order valence-electron chi connectivity index (χ3n) is 2.56. The van der Waals surface area contributed by atoms with Gasteiger partial charge in [-0.1, -0.05) is 18.5 Å². The Bertz CT molecular complexity index is 250. The van der Waals surface area contributed by atoms with E-state index in [1.54, 1.807) is 0 Å². The van der Waals surface area contributed by atoms with Gasteiger partial charge in [-0.25, -0.2) is 4.79 Å². The number of halogens is 1. The van der Waals surface area contributed by atoms with Crippen LogP contribution in [0.5, 0.6) is 0 Å². The highest BCUT2D eigenvalue weighted by Crippen LogP contribution is 2.09. The molecule has 0 amide bonds. The topological polar surface area (TPSA) is 64.9 Å². The number of hydrogen-bond acceptors (Lipinski definition) is 4. The zero-order valence-electron chi connectivity index (χ0n) is 8.74. The van der Waals surface area contributed by atoms with Crippen molar-refractivity contribution in [2.24, 2.45) is 5.10 Å². The molecule has 0 saturated carbocycles. The van der Waals surface area contributed by atoms with Crippen LogP contribution in [0.15, 0.2) is 5.10 Å². The first kappa shape index (κ1) is 12.3. The monoisotopic (exact) mass is 233 g/mol. The standard InChI is InChI=1S/C9H16ClN3O2/c1-2-13-5-3-7(4-6-13)11-12-8(10)9(14)15/h7,11H,2-6H2,1H3,(H,14,15)/b12-8-. The second-order valence-electron chi connectivity index (χ2n) is 3.55. The molecule has 0 spiro atoms. The molecule has 0 aromatic carbocycles. The summed E-state index contributed by atoms with van der Waals surface area (Å²) < 4.78 is 0. The summed E-state index contributed by atoms with van der Waals surface area (Å²) in [6.45, 7) is 5.24. The number of carboxylic acid groups (broad SMARTS) is 1. The maximum atomic E-state index is 10.4. The summed E-state index contributed by atoms with van der Waals surface area (Å²) in [5.41, 5.74) is 2.80. The molecule has 2 N–H and O–H groups in total. The lowest BCUT2D eigenvalue weighted by molar-refractivity contribution is -0.129. The van der Waals surface area contributed by atoms with Gasteiger partial charge < -0.3 is 15.4 Å². The maximum absolute atomic E-state index is 10.4. The Kier molecular flexibility index (Phi) is 4.84. The van der Waals surface area contributed by atoms with E-state index in [0.29, 0.717) is 0 Å². The van der Waals surface area contributed by atoms with Crippen molar-refractivity contribution in [3.8, 4) is 0 Å². The molecule has 0 aromatic rings. The van der Waals surface area contributed by atoms with Crippen molar-refractivity contribution in [1.82, 2.24) is 10.3 Å². The third-order valence-corrected chi connectivity index (χ3v) is 2.80. The van der Waals surface area contributed by atoms with Crippen LogP contribution >= 0.6 is 11.6 Å². The molecule has 0 aromatic heterocycles. The van der Waals surface area contributed by atoms with Crippen molar-refractivity contribution >= 4 is 22.7 Å². The summed E-state index contributed by atoms with van der Waals surface area (Å²) >= 11 is 5.37. The van der Waals surface area contributed by atoms with Crippen molar-refractivity contribution < 1.29 is 9.90 Å². The van der Waals surface area contributed by atoms with Crippen LogP contribution in [0.3, 0.4) is 0 Å². The van der Waals surface area contributed by atoms with E-state index in [1.807, 2.05) is 0 Å². The number of likely N-dealkylation sites (tertiary alicyclic amines) is 1. The minimum Gasteiger partial charge on any atom is -0.476 e. The fourth-order valence-corrected chi connectivity index (χ4v) is 1.62. The van der Waals surface area contributed by atoms with Gasteiger partial charge in [0.25, 0.3) is 0 Å². The normalized spacial score (nSPS) is 20.3. The highest BCUT2D eigenvalue weighted by molar-refractivity contribution is 6.81. The second-order valence-corrected chi connectivity index (χ2v) is 3.90. The fraction of sp³-hybridized carbons (Fsp3) is 0.778. The molecule has 1 rings (SSSR count). The molecule has 1 saturated heterocycles. The van der Waals surface area contributed by atoms with E-state index in [0.717, 1.165) is 32.5 Å². The summed E-state index contributed by atoms with van der Waals surface area (Å²) in [4.78, 5) is 12.7. The van der Waals surface area contributed by atoms with Crippen molar-refractivity contribution in [1.29, 1.82) is 0 Å². The number of carboxylic acids is 1. The van der Waals surface area contributed by atoms with E-state index < -0.39 is 11.1 Å². The first-order valence-electron chi connectivity index (χ1n) is 5.07. The number of nitrogens with zero attached hydrogens (tertiary/aromatic N) is 2. The molecule has 0 aliphatic carbocycles. The van der Waals surface area contributed by atoms with E-state index in [4.69, 9.17) is 16.7 Å². The van der Waals surface area contributed by atoms with Crippen molar-refractivity contribution in [2.75, 3.05) is 19.6 Å².